The number of hydrogen-bond donors (Lipinski definition) is 2. The molecule has 0 saturated carbocycles. The number of methoxy groups -OCH3 is 2. The maximum absolute atomic E-state index is 11.9. The van der Waals surface area contributed by atoms with Crippen LogP contribution in [0.4, 0.5) is 0 Å². The van der Waals surface area contributed by atoms with Gasteiger partial charge in [0.05, 0.1) is 26.0 Å². The zero-order chi connectivity index (χ0) is 15.9. The van der Waals surface area contributed by atoms with Gasteiger partial charge in [-0.2, -0.15) is 9.61 Å². The number of nitrogens with one attached hydrogen (secondary N) is 1. The first-order valence-electron chi connectivity index (χ1n) is 6.59. The fourth-order valence-electron chi connectivity index (χ4n) is 2.48. The summed E-state index contributed by atoms with van der Waals surface area (Å²) in [4.78, 5) is 14.7. The SMILES string of the molecule is COc1ccc(-c2c(C)nn3c(=O)cc(O)[nH]c23)cc1OC. The molecule has 0 radical (unpaired) electrons. The number of aromatic hydroxyl groups is 1. The van der Waals surface area contributed by atoms with Gasteiger partial charge in [0, 0.05) is 5.56 Å². The van der Waals surface area contributed by atoms with E-state index in [1.54, 1.807) is 33.3 Å². The summed E-state index contributed by atoms with van der Waals surface area (Å²) in [6.45, 7) is 1.80. The number of fused-ring (bicyclic) bond motifs is 1. The molecule has 1 aromatic carbocycles. The van der Waals surface area contributed by atoms with E-state index >= 15 is 0 Å². The molecule has 0 amide bonds. The lowest BCUT2D eigenvalue weighted by Gasteiger charge is -2.09. The molecule has 2 aromatic heterocycles. The number of H-pyrrole nitrogens is 1. The van der Waals surface area contributed by atoms with Gasteiger partial charge >= 0.3 is 0 Å². The van der Waals surface area contributed by atoms with Crippen molar-refractivity contribution in [3.8, 4) is 28.5 Å². The highest BCUT2D eigenvalue weighted by atomic mass is 16.5. The van der Waals surface area contributed by atoms with Crippen LogP contribution in [0.2, 0.25) is 0 Å². The van der Waals surface area contributed by atoms with Crippen molar-refractivity contribution in [2.75, 3.05) is 14.2 Å². The van der Waals surface area contributed by atoms with E-state index in [1.807, 2.05) is 6.07 Å². The monoisotopic (exact) mass is 301 g/mol. The third-order valence-corrected chi connectivity index (χ3v) is 3.45. The zero-order valence-electron chi connectivity index (χ0n) is 12.4. The summed E-state index contributed by atoms with van der Waals surface area (Å²) in [6.07, 6.45) is 0. The van der Waals surface area contributed by atoms with Gasteiger partial charge in [0.2, 0.25) is 0 Å². The number of nitrogens with zero attached hydrogens (tertiary/aromatic N) is 2. The predicted molar refractivity (Wildman–Crippen MR) is 80.8 cm³/mol. The molecular formula is C15H15N3O4. The van der Waals surface area contributed by atoms with Gasteiger partial charge in [0.1, 0.15) is 5.65 Å². The average Bonchev–Trinajstić information content (AvgIpc) is 2.83. The fraction of sp³-hybridized carbons (Fsp3) is 0.200. The summed E-state index contributed by atoms with van der Waals surface area (Å²) in [5.41, 5.74) is 2.20. The molecule has 0 aliphatic rings. The van der Waals surface area contributed by atoms with Crippen LogP contribution in [0.15, 0.2) is 29.1 Å². The Kier molecular flexibility index (Phi) is 3.25. The third-order valence-electron chi connectivity index (χ3n) is 3.45. The van der Waals surface area contributed by atoms with Crippen LogP contribution in [0.1, 0.15) is 5.69 Å². The number of benzene rings is 1. The molecule has 0 bridgehead atoms. The first-order chi connectivity index (χ1) is 10.5. The van der Waals surface area contributed by atoms with Gasteiger partial charge in [-0.1, -0.05) is 6.07 Å². The highest BCUT2D eigenvalue weighted by Crippen LogP contribution is 2.34. The molecule has 114 valence electrons. The molecular weight excluding hydrogens is 286 g/mol. The number of aromatic amines is 1. The summed E-state index contributed by atoms with van der Waals surface area (Å²) in [5.74, 6) is 0.970. The van der Waals surface area contributed by atoms with E-state index < -0.39 is 5.56 Å². The van der Waals surface area contributed by atoms with E-state index in [9.17, 15) is 9.90 Å². The van der Waals surface area contributed by atoms with Crippen LogP contribution in [-0.4, -0.2) is 33.9 Å². The Hall–Kier alpha value is -2.96. The largest absolute Gasteiger partial charge is 0.494 e. The number of ether oxygens (including phenoxy) is 2. The second-order valence-corrected chi connectivity index (χ2v) is 4.78. The van der Waals surface area contributed by atoms with Gasteiger partial charge in [-0.25, -0.2) is 0 Å². The molecule has 0 saturated heterocycles. The van der Waals surface area contributed by atoms with Crippen molar-refractivity contribution < 1.29 is 14.6 Å². The van der Waals surface area contributed by atoms with Crippen LogP contribution >= 0.6 is 0 Å². The second kappa shape index (κ2) is 5.10. The summed E-state index contributed by atoms with van der Waals surface area (Å²) < 4.78 is 11.7. The van der Waals surface area contributed by atoms with Crippen LogP contribution in [0, 0.1) is 6.92 Å². The Labute approximate surface area is 125 Å². The molecule has 3 aromatic rings. The van der Waals surface area contributed by atoms with E-state index in [-0.39, 0.29) is 5.88 Å². The molecule has 2 N–H and O–H groups in total. The molecule has 0 atom stereocenters. The molecule has 22 heavy (non-hydrogen) atoms. The molecule has 0 fully saturated rings. The molecule has 7 nitrogen and oxygen atoms in total. The molecule has 0 spiro atoms. The number of hydrogen-bond acceptors (Lipinski definition) is 5. The topological polar surface area (TPSA) is 88.9 Å². The Morgan fingerprint density at radius 2 is 1.91 bits per heavy atom. The summed E-state index contributed by atoms with van der Waals surface area (Å²) in [7, 11) is 3.12. The van der Waals surface area contributed by atoms with Gasteiger partial charge in [0.25, 0.3) is 5.56 Å². The van der Waals surface area contributed by atoms with Gasteiger partial charge in [-0.3, -0.25) is 4.79 Å². The predicted octanol–water partition coefficient (Wildman–Crippen LogP) is 1.72. The number of aryl methyl sites for hydroxylation is 1. The molecule has 0 unspecified atom stereocenters. The lowest BCUT2D eigenvalue weighted by Crippen LogP contribution is -2.13. The van der Waals surface area contributed by atoms with E-state index in [0.29, 0.717) is 28.4 Å². The van der Waals surface area contributed by atoms with Gasteiger partial charge in [0.15, 0.2) is 17.4 Å². The second-order valence-electron chi connectivity index (χ2n) is 4.78. The van der Waals surface area contributed by atoms with Crippen molar-refractivity contribution >= 4 is 5.65 Å². The van der Waals surface area contributed by atoms with Crippen LogP contribution in [0.5, 0.6) is 17.4 Å². The van der Waals surface area contributed by atoms with E-state index in [4.69, 9.17) is 9.47 Å². The quantitative estimate of drug-likeness (QED) is 0.769. The normalized spacial score (nSPS) is 10.9. The van der Waals surface area contributed by atoms with Crippen LogP contribution in [-0.2, 0) is 0 Å². The minimum absolute atomic E-state index is 0.209. The van der Waals surface area contributed by atoms with E-state index in [1.165, 1.54) is 4.52 Å². The molecule has 0 aliphatic heterocycles. The fourth-order valence-corrected chi connectivity index (χ4v) is 2.48. The summed E-state index contributed by atoms with van der Waals surface area (Å²) >= 11 is 0. The lowest BCUT2D eigenvalue weighted by molar-refractivity contribution is 0.355. The van der Waals surface area contributed by atoms with Gasteiger partial charge in [-0.05, 0) is 24.6 Å². The number of aromatic nitrogens is 3. The first kappa shape index (κ1) is 14.0. The maximum atomic E-state index is 11.9. The van der Waals surface area contributed by atoms with Crippen molar-refractivity contribution in [1.82, 2.24) is 14.6 Å². The van der Waals surface area contributed by atoms with Crippen LogP contribution < -0.4 is 15.0 Å². The van der Waals surface area contributed by atoms with Crippen molar-refractivity contribution in [3.63, 3.8) is 0 Å². The smallest absolute Gasteiger partial charge is 0.278 e. The molecule has 0 aliphatic carbocycles. The van der Waals surface area contributed by atoms with Crippen LogP contribution in [0.25, 0.3) is 16.8 Å². The Balaban J connectivity index is 2.31. The standard InChI is InChI=1S/C15H15N3O4/c1-8-14(9-4-5-10(21-2)11(6-9)22-3)15-16-12(19)7-13(20)18(15)17-8/h4-7,16,19H,1-3H3. The highest BCUT2D eigenvalue weighted by Gasteiger charge is 2.16. The zero-order valence-corrected chi connectivity index (χ0v) is 12.4. The van der Waals surface area contributed by atoms with E-state index in [0.717, 1.165) is 11.6 Å². The lowest BCUT2D eigenvalue weighted by atomic mass is 10.1. The Morgan fingerprint density at radius 3 is 2.59 bits per heavy atom. The molecule has 3 rings (SSSR count). The average molecular weight is 301 g/mol. The summed E-state index contributed by atoms with van der Waals surface area (Å²) in [5, 5.41) is 13.9. The van der Waals surface area contributed by atoms with Crippen molar-refractivity contribution in [2.24, 2.45) is 0 Å². The third kappa shape index (κ3) is 2.07. The van der Waals surface area contributed by atoms with Crippen LogP contribution in [0.3, 0.4) is 0 Å². The molecule has 7 heteroatoms. The van der Waals surface area contributed by atoms with Gasteiger partial charge < -0.3 is 19.6 Å². The Bertz CT molecular complexity index is 911. The molecule has 2 heterocycles. The summed E-state index contributed by atoms with van der Waals surface area (Å²) in [6, 6.07) is 6.49. The highest BCUT2D eigenvalue weighted by molar-refractivity contribution is 5.81. The van der Waals surface area contributed by atoms with Crippen molar-refractivity contribution in [2.45, 2.75) is 6.92 Å². The van der Waals surface area contributed by atoms with Crippen molar-refractivity contribution in [3.05, 3.63) is 40.3 Å². The Morgan fingerprint density at radius 1 is 1.18 bits per heavy atom. The maximum Gasteiger partial charge on any atom is 0.278 e. The van der Waals surface area contributed by atoms with E-state index in [2.05, 4.69) is 10.1 Å². The minimum atomic E-state index is -0.402. The van der Waals surface area contributed by atoms with Crippen molar-refractivity contribution in [1.29, 1.82) is 0 Å². The van der Waals surface area contributed by atoms with Gasteiger partial charge in [-0.15, -0.1) is 0 Å². The minimum Gasteiger partial charge on any atom is -0.494 e. The number of rotatable bonds is 3. The first-order valence-corrected chi connectivity index (χ1v) is 6.59.